The number of esters is 1. The molecule has 270 valence electrons. The van der Waals surface area contributed by atoms with E-state index in [1.807, 2.05) is 0 Å². The number of likely N-dealkylation sites (tertiary alicyclic amines) is 1. The number of thioether (sulfide) groups is 1. The van der Waals surface area contributed by atoms with Gasteiger partial charge in [0.25, 0.3) is 5.91 Å². The Bertz CT molecular complexity index is 1400. The van der Waals surface area contributed by atoms with Crippen molar-refractivity contribution in [1.29, 1.82) is 0 Å². The molecule has 0 radical (unpaired) electrons. The van der Waals surface area contributed by atoms with Crippen LogP contribution < -0.4 is 5.32 Å². The average Bonchev–Trinajstić information content (AvgIpc) is 3.06. The Morgan fingerprint density at radius 1 is 1.08 bits per heavy atom. The molecule has 4 rings (SSSR count). The van der Waals surface area contributed by atoms with Crippen LogP contribution >= 0.6 is 11.8 Å². The number of amides is 2. The minimum Gasteiger partial charge on any atom is -0.508 e. The topological polar surface area (TPSA) is 208 Å². The van der Waals surface area contributed by atoms with E-state index in [4.69, 9.17) is 14.3 Å². The molecule has 14 nitrogen and oxygen atoms in total. The number of cyclic esters (lactones) is 1. The maximum absolute atomic E-state index is 13.2. The van der Waals surface area contributed by atoms with Crippen molar-refractivity contribution in [1.82, 2.24) is 10.2 Å². The Kier molecular flexibility index (Phi) is 14.3. The van der Waals surface area contributed by atoms with Gasteiger partial charge in [-0.15, -0.1) is 11.8 Å². The number of carbonyl (C=O) groups excluding carboxylic acids is 3. The van der Waals surface area contributed by atoms with E-state index < -0.39 is 53.5 Å². The number of phenolic OH excluding ortho intramolecular Hbond substituents is 2. The standard InChI is InChI=1S/C34H47N3O11S/c1-20-8-6-9-23(35-28(41)19-49-34-32(44)31(43)21(2)27(17-38)48-34)10-7-11-24(36-46-18-29(42)37-12-4-3-5-13-37)14-22-15-25(39)16-26(40)30(22)33(45)47-20/h6-7,9,11,15-16,20-21,23,27,31-32,34,38-40,43-44H,3-5,8,10,12-14,17-19H2,1-2H3,(H,35,41)/b9-6+,11-7+,36-24-/t20-,21-,23+,27?,31?,32+,34+/m1/s1. The summed E-state index contributed by atoms with van der Waals surface area (Å²) in [7, 11) is 0. The molecule has 0 aliphatic carbocycles. The Morgan fingerprint density at radius 3 is 2.57 bits per heavy atom. The van der Waals surface area contributed by atoms with Gasteiger partial charge in [0.2, 0.25) is 5.91 Å². The monoisotopic (exact) mass is 705 g/mol. The number of nitrogens with zero attached hydrogens (tertiary/aromatic N) is 2. The van der Waals surface area contributed by atoms with E-state index in [1.165, 1.54) is 6.07 Å². The zero-order chi connectivity index (χ0) is 35.5. The third-order valence-corrected chi connectivity index (χ3v) is 9.80. The Labute approximate surface area is 289 Å². The van der Waals surface area contributed by atoms with Crippen LogP contribution in [0.15, 0.2) is 41.6 Å². The second-order valence-electron chi connectivity index (χ2n) is 12.5. The predicted molar refractivity (Wildman–Crippen MR) is 181 cm³/mol. The van der Waals surface area contributed by atoms with Crippen LogP contribution in [-0.2, 0) is 30.3 Å². The molecule has 6 N–H and O–H groups in total. The van der Waals surface area contributed by atoms with Crippen molar-refractivity contribution in [3.63, 3.8) is 0 Å². The van der Waals surface area contributed by atoms with Crippen LogP contribution in [0.4, 0.5) is 0 Å². The number of oxime groups is 1. The van der Waals surface area contributed by atoms with Crippen molar-refractivity contribution in [3.05, 3.63) is 47.6 Å². The summed E-state index contributed by atoms with van der Waals surface area (Å²) in [5.74, 6) is -2.67. The quantitative estimate of drug-likeness (QED) is 0.130. The van der Waals surface area contributed by atoms with E-state index in [-0.39, 0.29) is 59.8 Å². The molecular formula is C34H47N3O11S. The minimum atomic E-state index is -1.24. The number of aliphatic hydroxyl groups is 3. The van der Waals surface area contributed by atoms with Gasteiger partial charge in [0, 0.05) is 37.9 Å². The first-order chi connectivity index (χ1) is 23.5. The van der Waals surface area contributed by atoms with Gasteiger partial charge < -0.3 is 50.1 Å². The fourth-order valence-electron chi connectivity index (χ4n) is 5.85. The highest BCUT2D eigenvalue weighted by Crippen LogP contribution is 2.32. The average molecular weight is 706 g/mol. The van der Waals surface area contributed by atoms with E-state index in [0.29, 0.717) is 25.9 Å². The molecule has 3 aliphatic heterocycles. The SMILES string of the molecule is C[C@@H]1C(CO)O[C@@H](SCC(=O)N[C@H]2/C=C/C[C@@H](C)OC(=O)c3c(O)cc(O)cc3CC(=N\OCC(=O)N3CCCCC3)/C=C/C2)[C@@H](O)C1O. The van der Waals surface area contributed by atoms with E-state index in [2.05, 4.69) is 10.5 Å². The number of carbonyl (C=O) groups is 3. The first-order valence-electron chi connectivity index (χ1n) is 16.6. The van der Waals surface area contributed by atoms with E-state index in [1.54, 1.807) is 43.1 Å². The lowest BCUT2D eigenvalue weighted by Gasteiger charge is -2.40. The van der Waals surface area contributed by atoms with Crippen molar-refractivity contribution >= 4 is 35.3 Å². The largest absolute Gasteiger partial charge is 0.508 e. The molecular weight excluding hydrogens is 658 g/mol. The molecule has 49 heavy (non-hydrogen) atoms. The van der Waals surface area contributed by atoms with E-state index >= 15 is 0 Å². The second kappa shape index (κ2) is 18.4. The van der Waals surface area contributed by atoms with Crippen LogP contribution in [0.25, 0.3) is 0 Å². The zero-order valence-corrected chi connectivity index (χ0v) is 28.6. The summed E-state index contributed by atoms with van der Waals surface area (Å²) >= 11 is 1.01. The molecule has 0 bridgehead atoms. The molecule has 3 heterocycles. The van der Waals surface area contributed by atoms with Crippen molar-refractivity contribution in [2.24, 2.45) is 11.1 Å². The summed E-state index contributed by atoms with van der Waals surface area (Å²) in [6.07, 6.45) is 6.70. The molecule has 1 aromatic rings. The summed E-state index contributed by atoms with van der Waals surface area (Å²) < 4.78 is 11.3. The van der Waals surface area contributed by atoms with Crippen LogP contribution in [0, 0.1) is 5.92 Å². The maximum Gasteiger partial charge on any atom is 0.342 e. The molecule has 2 saturated heterocycles. The number of aliphatic hydroxyl groups excluding tert-OH is 3. The maximum atomic E-state index is 13.2. The van der Waals surface area contributed by atoms with Crippen molar-refractivity contribution in [2.75, 3.05) is 32.1 Å². The number of hydrogen-bond donors (Lipinski definition) is 6. The molecule has 2 amide bonds. The summed E-state index contributed by atoms with van der Waals surface area (Å²) in [4.78, 5) is 46.0. The molecule has 2 unspecified atom stereocenters. The number of phenols is 2. The highest BCUT2D eigenvalue weighted by atomic mass is 32.2. The highest BCUT2D eigenvalue weighted by Gasteiger charge is 2.42. The van der Waals surface area contributed by atoms with Crippen LogP contribution in [0.3, 0.4) is 0 Å². The molecule has 0 saturated carbocycles. The van der Waals surface area contributed by atoms with Crippen LogP contribution in [-0.4, -0.2) is 122 Å². The summed E-state index contributed by atoms with van der Waals surface area (Å²) in [6, 6.07) is 1.87. The molecule has 3 aliphatic rings. The summed E-state index contributed by atoms with van der Waals surface area (Å²) in [5, 5.41) is 58.3. The number of nitrogens with one attached hydrogen (secondary N) is 1. The van der Waals surface area contributed by atoms with Gasteiger partial charge in [-0.05, 0) is 50.3 Å². The number of hydrogen-bond acceptors (Lipinski definition) is 13. The number of ether oxygens (including phenoxy) is 2. The smallest absolute Gasteiger partial charge is 0.342 e. The molecule has 0 spiro atoms. The highest BCUT2D eigenvalue weighted by molar-refractivity contribution is 8.00. The molecule has 0 aromatic heterocycles. The lowest BCUT2D eigenvalue weighted by Crippen LogP contribution is -2.53. The summed E-state index contributed by atoms with van der Waals surface area (Å²) in [5.41, 5.74) is -0.534. The second-order valence-corrected chi connectivity index (χ2v) is 13.6. The number of aromatic hydroxyl groups is 2. The van der Waals surface area contributed by atoms with Gasteiger partial charge in [0.1, 0.15) is 34.7 Å². The first-order valence-corrected chi connectivity index (χ1v) is 17.6. The number of allylic oxidation sites excluding steroid dienone is 1. The molecule has 7 atom stereocenters. The van der Waals surface area contributed by atoms with Gasteiger partial charge in [-0.1, -0.05) is 30.3 Å². The minimum absolute atomic E-state index is 0.0678. The van der Waals surface area contributed by atoms with E-state index in [9.17, 15) is 39.9 Å². The van der Waals surface area contributed by atoms with Crippen molar-refractivity contribution in [2.45, 2.75) is 88.3 Å². The predicted octanol–water partition coefficient (Wildman–Crippen LogP) is 1.77. The summed E-state index contributed by atoms with van der Waals surface area (Å²) in [6.45, 7) is 4.04. The third kappa shape index (κ3) is 10.9. The van der Waals surface area contributed by atoms with E-state index in [0.717, 1.165) is 37.1 Å². The number of benzene rings is 1. The Morgan fingerprint density at radius 2 is 1.84 bits per heavy atom. The van der Waals surface area contributed by atoms with Gasteiger partial charge in [0.05, 0.1) is 36.3 Å². The third-order valence-electron chi connectivity index (χ3n) is 8.65. The van der Waals surface area contributed by atoms with Gasteiger partial charge in [0.15, 0.2) is 6.61 Å². The van der Waals surface area contributed by atoms with Crippen molar-refractivity contribution in [3.8, 4) is 11.5 Å². The van der Waals surface area contributed by atoms with Crippen LogP contribution in [0.2, 0.25) is 0 Å². The molecule has 2 fully saturated rings. The first kappa shape index (κ1) is 38.2. The van der Waals surface area contributed by atoms with Gasteiger partial charge >= 0.3 is 5.97 Å². The fourth-order valence-corrected chi connectivity index (χ4v) is 6.83. The van der Waals surface area contributed by atoms with Gasteiger partial charge in [-0.3, -0.25) is 9.59 Å². The van der Waals surface area contributed by atoms with Gasteiger partial charge in [-0.25, -0.2) is 4.79 Å². The molecule has 1 aromatic carbocycles. The number of rotatable bonds is 8. The van der Waals surface area contributed by atoms with Gasteiger partial charge in [-0.2, -0.15) is 0 Å². The molecule has 15 heteroatoms. The fraction of sp³-hybridized carbons (Fsp3) is 0.588. The zero-order valence-electron chi connectivity index (χ0n) is 27.8. The lowest BCUT2D eigenvalue weighted by atomic mass is 9.92. The van der Waals surface area contributed by atoms with Crippen molar-refractivity contribution < 1.29 is 54.2 Å². The van der Waals surface area contributed by atoms with Crippen LogP contribution in [0.1, 0.15) is 61.9 Å². The Balaban J connectivity index is 1.50. The number of fused-ring (bicyclic) bond motifs is 1. The number of piperidine rings is 1. The van der Waals surface area contributed by atoms with Crippen LogP contribution in [0.5, 0.6) is 11.5 Å². The lowest BCUT2D eigenvalue weighted by molar-refractivity contribution is -0.176. The Hall–Kier alpha value is -3.63. The normalized spacial score (nSPS) is 30.4.